The van der Waals surface area contributed by atoms with E-state index < -0.39 is 5.91 Å². The van der Waals surface area contributed by atoms with Crippen molar-refractivity contribution in [1.29, 1.82) is 0 Å². The molecule has 0 aliphatic rings. The van der Waals surface area contributed by atoms with Crippen molar-refractivity contribution >= 4 is 46.1 Å². The second kappa shape index (κ2) is 6.82. The van der Waals surface area contributed by atoms with E-state index in [1.165, 1.54) is 0 Å². The number of amides is 2. The summed E-state index contributed by atoms with van der Waals surface area (Å²) < 4.78 is 1.71. The van der Waals surface area contributed by atoms with Crippen LogP contribution in [0.15, 0.2) is 42.5 Å². The molecule has 2 amide bonds. The van der Waals surface area contributed by atoms with Crippen molar-refractivity contribution in [1.82, 2.24) is 9.55 Å². The van der Waals surface area contributed by atoms with Gasteiger partial charge in [-0.1, -0.05) is 11.6 Å². The highest BCUT2D eigenvalue weighted by Crippen LogP contribution is 2.22. The average molecular weight is 358 g/mol. The van der Waals surface area contributed by atoms with Crippen molar-refractivity contribution in [3.05, 3.63) is 53.1 Å². The third kappa shape index (κ3) is 3.72. The Kier molecular flexibility index (Phi) is 4.58. The Bertz CT molecular complexity index is 950. The quantitative estimate of drug-likeness (QED) is 0.650. The molecule has 0 atom stereocenters. The fourth-order valence-corrected chi connectivity index (χ4v) is 2.61. The molecule has 0 saturated carbocycles. The molecule has 0 spiro atoms. The molecular formula is C17H16ClN5O2. The summed E-state index contributed by atoms with van der Waals surface area (Å²) in [6.45, 7) is 0.355. The van der Waals surface area contributed by atoms with Crippen LogP contribution in [0.3, 0.4) is 0 Å². The number of nitrogens with one attached hydrogen (secondary N) is 1. The van der Waals surface area contributed by atoms with E-state index in [4.69, 9.17) is 23.1 Å². The summed E-state index contributed by atoms with van der Waals surface area (Å²) in [6.07, 6.45) is 0.171. The van der Waals surface area contributed by atoms with Gasteiger partial charge in [-0.05, 0) is 42.5 Å². The van der Waals surface area contributed by atoms with Gasteiger partial charge in [0.2, 0.25) is 11.9 Å². The number of nitrogens with two attached hydrogens (primary N) is 2. The number of benzene rings is 2. The number of hydrogen-bond donors (Lipinski definition) is 3. The van der Waals surface area contributed by atoms with E-state index in [1.807, 2.05) is 0 Å². The van der Waals surface area contributed by atoms with E-state index in [0.29, 0.717) is 28.3 Å². The van der Waals surface area contributed by atoms with E-state index in [1.54, 1.807) is 47.0 Å². The number of nitrogens with zero attached hydrogens (tertiary/aromatic N) is 2. The maximum Gasteiger partial charge on any atom is 0.255 e. The summed E-state index contributed by atoms with van der Waals surface area (Å²) >= 11 is 5.82. The summed E-state index contributed by atoms with van der Waals surface area (Å²) in [5.74, 6) is -0.373. The van der Waals surface area contributed by atoms with Gasteiger partial charge in [-0.2, -0.15) is 0 Å². The highest BCUT2D eigenvalue weighted by atomic mass is 35.5. The van der Waals surface area contributed by atoms with E-state index in [-0.39, 0.29) is 18.3 Å². The minimum absolute atomic E-state index is 0.171. The molecular weight excluding hydrogens is 342 g/mol. The van der Waals surface area contributed by atoms with Crippen LogP contribution >= 0.6 is 11.6 Å². The lowest BCUT2D eigenvalue weighted by Gasteiger charge is -2.07. The SMILES string of the molecule is NC(=O)CCn1c(N)nc2cc(NC(=O)c3ccc(Cl)cc3)ccc21. The van der Waals surface area contributed by atoms with Crippen LogP contribution < -0.4 is 16.8 Å². The Hall–Kier alpha value is -3.06. The number of anilines is 2. The number of rotatable bonds is 5. The first kappa shape index (κ1) is 16.8. The number of aromatic nitrogens is 2. The average Bonchev–Trinajstić information content (AvgIpc) is 2.88. The second-order valence-corrected chi connectivity index (χ2v) is 5.94. The van der Waals surface area contributed by atoms with Gasteiger partial charge in [0.1, 0.15) is 0 Å². The van der Waals surface area contributed by atoms with Gasteiger partial charge in [-0.15, -0.1) is 0 Å². The van der Waals surface area contributed by atoms with Crippen molar-refractivity contribution in [3.63, 3.8) is 0 Å². The predicted octanol–water partition coefficient (Wildman–Crippen LogP) is 2.40. The van der Waals surface area contributed by atoms with Crippen molar-refractivity contribution in [2.75, 3.05) is 11.1 Å². The predicted molar refractivity (Wildman–Crippen MR) is 97.4 cm³/mol. The van der Waals surface area contributed by atoms with Gasteiger partial charge in [0.15, 0.2) is 0 Å². The van der Waals surface area contributed by atoms with Crippen LogP contribution in [-0.2, 0) is 11.3 Å². The lowest BCUT2D eigenvalue weighted by molar-refractivity contribution is -0.118. The van der Waals surface area contributed by atoms with E-state index >= 15 is 0 Å². The van der Waals surface area contributed by atoms with Gasteiger partial charge in [0.05, 0.1) is 11.0 Å². The Morgan fingerprint density at radius 1 is 1.16 bits per heavy atom. The number of imidazole rings is 1. The molecule has 1 heterocycles. The standard InChI is InChI=1S/C17H16ClN5O2/c18-11-3-1-10(2-4-11)16(25)21-12-5-6-14-13(9-12)22-17(20)23(14)8-7-15(19)24/h1-6,9H,7-8H2,(H2,19,24)(H2,20,22)(H,21,25). The zero-order chi connectivity index (χ0) is 18.0. The van der Waals surface area contributed by atoms with Crippen LogP contribution in [0.2, 0.25) is 5.02 Å². The van der Waals surface area contributed by atoms with Gasteiger partial charge < -0.3 is 21.4 Å². The number of primary amides is 1. The third-order valence-electron chi connectivity index (χ3n) is 3.72. The number of carbonyl (C=O) groups is 2. The van der Waals surface area contributed by atoms with Gasteiger partial charge in [-0.25, -0.2) is 4.98 Å². The second-order valence-electron chi connectivity index (χ2n) is 5.50. The number of nitrogen functional groups attached to an aromatic ring is 1. The first-order chi connectivity index (χ1) is 11.9. The largest absolute Gasteiger partial charge is 0.370 e. The summed E-state index contributed by atoms with van der Waals surface area (Å²) in [7, 11) is 0. The minimum atomic E-state index is -0.409. The number of hydrogen-bond acceptors (Lipinski definition) is 4. The molecule has 5 N–H and O–H groups in total. The molecule has 1 aromatic heterocycles. The minimum Gasteiger partial charge on any atom is -0.370 e. The summed E-state index contributed by atoms with van der Waals surface area (Å²) in [6, 6.07) is 11.9. The lowest BCUT2D eigenvalue weighted by atomic mass is 10.2. The molecule has 0 saturated heterocycles. The monoisotopic (exact) mass is 357 g/mol. The number of halogens is 1. The molecule has 2 aromatic carbocycles. The Labute approximate surface area is 148 Å². The van der Waals surface area contributed by atoms with E-state index in [9.17, 15) is 9.59 Å². The molecule has 128 valence electrons. The van der Waals surface area contributed by atoms with E-state index in [0.717, 1.165) is 5.52 Å². The molecule has 0 bridgehead atoms. The molecule has 0 radical (unpaired) electrons. The molecule has 3 rings (SSSR count). The Balaban J connectivity index is 1.83. The molecule has 7 nitrogen and oxygen atoms in total. The van der Waals surface area contributed by atoms with Gasteiger partial charge in [-0.3, -0.25) is 9.59 Å². The summed E-state index contributed by atoms with van der Waals surface area (Å²) in [5, 5.41) is 3.37. The number of aryl methyl sites for hydroxylation is 1. The molecule has 0 unspecified atom stereocenters. The first-order valence-corrected chi connectivity index (χ1v) is 7.93. The molecule has 0 aliphatic carbocycles. The highest BCUT2D eigenvalue weighted by molar-refractivity contribution is 6.30. The third-order valence-corrected chi connectivity index (χ3v) is 3.98. The molecule has 8 heteroatoms. The topological polar surface area (TPSA) is 116 Å². The highest BCUT2D eigenvalue weighted by Gasteiger charge is 2.11. The van der Waals surface area contributed by atoms with E-state index in [2.05, 4.69) is 10.3 Å². The van der Waals surface area contributed by atoms with Gasteiger partial charge in [0.25, 0.3) is 5.91 Å². The smallest absolute Gasteiger partial charge is 0.255 e. The fourth-order valence-electron chi connectivity index (χ4n) is 2.49. The van der Waals surface area contributed by atoms with Crippen LogP contribution in [-0.4, -0.2) is 21.4 Å². The number of fused-ring (bicyclic) bond motifs is 1. The van der Waals surface area contributed by atoms with Crippen LogP contribution in [0.5, 0.6) is 0 Å². The van der Waals surface area contributed by atoms with Crippen molar-refractivity contribution in [2.24, 2.45) is 5.73 Å². The van der Waals surface area contributed by atoms with Crippen LogP contribution in [0.25, 0.3) is 11.0 Å². The van der Waals surface area contributed by atoms with Crippen LogP contribution in [0.4, 0.5) is 11.6 Å². The van der Waals surface area contributed by atoms with Gasteiger partial charge >= 0.3 is 0 Å². The molecule has 0 aliphatic heterocycles. The van der Waals surface area contributed by atoms with Crippen LogP contribution in [0, 0.1) is 0 Å². The Morgan fingerprint density at radius 2 is 1.88 bits per heavy atom. The molecule has 3 aromatic rings. The number of carbonyl (C=O) groups excluding carboxylic acids is 2. The first-order valence-electron chi connectivity index (χ1n) is 7.55. The van der Waals surface area contributed by atoms with Crippen molar-refractivity contribution < 1.29 is 9.59 Å². The van der Waals surface area contributed by atoms with Gasteiger partial charge in [0, 0.05) is 29.2 Å². The van der Waals surface area contributed by atoms with Crippen molar-refractivity contribution in [2.45, 2.75) is 13.0 Å². The molecule has 0 fully saturated rings. The zero-order valence-corrected chi connectivity index (χ0v) is 14.0. The summed E-state index contributed by atoms with van der Waals surface area (Å²) in [4.78, 5) is 27.5. The normalized spacial score (nSPS) is 10.8. The fraction of sp³-hybridized carbons (Fsp3) is 0.118. The van der Waals surface area contributed by atoms with Crippen molar-refractivity contribution in [3.8, 4) is 0 Å². The Morgan fingerprint density at radius 3 is 2.56 bits per heavy atom. The maximum atomic E-state index is 12.3. The maximum absolute atomic E-state index is 12.3. The molecule has 25 heavy (non-hydrogen) atoms. The van der Waals surface area contributed by atoms with Crippen LogP contribution in [0.1, 0.15) is 16.8 Å². The zero-order valence-electron chi connectivity index (χ0n) is 13.2. The lowest BCUT2D eigenvalue weighted by Crippen LogP contribution is -2.15. The summed E-state index contributed by atoms with van der Waals surface area (Å²) in [5.41, 5.74) is 13.5.